The summed E-state index contributed by atoms with van der Waals surface area (Å²) in [5.41, 5.74) is 5.94. The van der Waals surface area contributed by atoms with Gasteiger partial charge in [-0.05, 0) is 148 Å². The summed E-state index contributed by atoms with van der Waals surface area (Å²) in [6.45, 7) is 11.9. The van der Waals surface area contributed by atoms with Gasteiger partial charge in [-0.25, -0.2) is 0 Å². The third-order valence-electron chi connectivity index (χ3n) is 12.1. The first-order valence-electron chi connectivity index (χ1n) is 20.3. The molecular weight excluding hydrogens is 1010 g/mol. The van der Waals surface area contributed by atoms with Crippen molar-refractivity contribution in [3.05, 3.63) is 162 Å². The van der Waals surface area contributed by atoms with Crippen molar-refractivity contribution in [2.75, 3.05) is 9.80 Å². The molecule has 0 spiro atoms. The van der Waals surface area contributed by atoms with Crippen LogP contribution < -0.4 is 22.2 Å². The fraction of sp³-hybridized carbons (Fsp3) is 0.275. The Morgan fingerprint density at radius 3 is 0.642 bits per heavy atom. The van der Waals surface area contributed by atoms with Crippen LogP contribution in [-0.2, 0) is 45.1 Å². The minimum atomic E-state index is -4.43. The van der Waals surface area contributed by atoms with E-state index in [1.54, 1.807) is 0 Å². The molecule has 67 heavy (non-hydrogen) atoms. The SMILES string of the molecule is Cc1cc(-c2ccc(C(F)(F)F)cc2)c(N2C(C)C2C)c(-c2ccc(C(F)(F)F)cc2)c1.Cc1cc(-c2ccc(C(F)(F)F)cc2)c(N2C(C)C2C)c(-c2ccc(C(F)(F)F)cc2)c1.[CH3-].[Cl-].[Pd+2]. The minimum Gasteiger partial charge on any atom is -1.00 e. The predicted molar refractivity (Wildman–Crippen MR) is 233 cm³/mol. The number of rotatable bonds is 6. The van der Waals surface area contributed by atoms with Gasteiger partial charge in [-0.1, -0.05) is 48.5 Å². The summed E-state index contributed by atoms with van der Waals surface area (Å²) < 4.78 is 156. The van der Waals surface area contributed by atoms with Gasteiger partial charge in [-0.3, -0.25) is 0 Å². The molecule has 6 aromatic carbocycles. The smallest absolute Gasteiger partial charge is 1.00 e. The van der Waals surface area contributed by atoms with Crippen LogP contribution in [-0.4, -0.2) is 24.2 Å². The molecule has 2 nitrogen and oxygen atoms in total. The van der Waals surface area contributed by atoms with Crippen LogP contribution in [0.15, 0.2) is 121 Å². The number of nitrogens with zero attached hydrogens (tertiary/aromatic N) is 2. The zero-order valence-corrected chi connectivity index (χ0v) is 39.3. The predicted octanol–water partition coefficient (Wildman–Crippen LogP) is 13.4. The molecule has 6 aromatic rings. The Hall–Kier alpha value is -4.97. The molecule has 8 rings (SSSR count). The van der Waals surface area contributed by atoms with Crippen LogP contribution in [0.2, 0.25) is 0 Å². The van der Waals surface area contributed by atoms with Crippen molar-refractivity contribution < 1.29 is 85.5 Å². The summed E-state index contributed by atoms with van der Waals surface area (Å²) in [6, 6.07) is 28.4. The fourth-order valence-corrected chi connectivity index (χ4v) is 8.17. The minimum absolute atomic E-state index is 0. The van der Waals surface area contributed by atoms with Gasteiger partial charge < -0.3 is 29.6 Å². The van der Waals surface area contributed by atoms with Crippen LogP contribution in [0.3, 0.4) is 0 Å². The second-order valence-electron chi connectivity index (χ2n) is 16.5. The molecule has 4 atom stereocenters. The number of hydrogen-bond donors (Lipinski definition) is 0. The monoisotopic (exact) mass is 1050 g/mol. The summed E-state index contributed by atoms with van der Waals surface area (Å²) in [6.07, 6.45) is -17.7. The van der Waals surface area contributed by atoms with Crippen molar-refractivity contribution in [2.45, 2.75) is 90.4 Å². The van der Waals surface area contributed by atoms with Crippen molar-refractivity contribution in [1.29, 1.82) is 0 Å². The first-order chi connectivity index (χ1) is 29.8. The Labute approximate surface area is 402 Å². The van der Waals surface area contributed by atoms with Crippen molar-refractivity contribution in [3.8, 4) is 44.5 Å². The average molecular weight is 1060 g/mol. The van der Waals surface area contributed by atoms with E-state index < -0.39 is 47.0 Å². The number of hydrogen-bond acceptors (Lipinski definition) is 2. The maximum Gasteiger partial charge on any atom is 2.00 e. The molecule has 0 amide bonds. The van der Waals surface area contributed by atoms with E-state index in [2.05, 4.69) is 9.80 Å². The third-order valence-corrected chi connectivity index (χ3v) is 12.1. The molecule has 2 fully saturated rings. The average Bonchev–Trinajstić information content (AvgIpc) is 4.05. The summed E-state index contributed by atoms with van der Waals surface area (Å²) in [5.74, 6) is 0. The molecule has 2 aliphatic heterocycles. The Morgan fingerprint density at radius 2 is 0.507 bits per heavy atom. The normalized spacial score (nSPS) is 17.9. The van der Waals surface area contributed by atoms with Gasteiger partial charge in [0.25, 0.3) is 0 Å². The second kappa shape index (κ2) is 19.9. The number of aryl methyl sites for hydroxylation is 2. The summed E-state index contributed by atoms with van der Waals surface area (Å²) in [5, 5.41) is 0. The summed E-state index contributed by atoms with van der Waals surface area (Å²) in [4.78, 5) is 4.28. The maximum absolute atomic E-state index is 13.0. The van der Waals surface area contributed by atoms with Gasteiger partial charge in [0.1, 0.15) is 0 Å². The Balaban J connectivity index is 0.000000280. The van der Waals surface area contributed by atoms with Crippen LogP contribution in [0.1, 0.15) is 61.1 Å². The zero-order valence-electron chi connectivity index (χ0n) is 37.0. The van der Waals surface area contributed by atoms with E-state index in [1.807, 2.05) is 65.8 Å². The van der Waals surface area contributed by atoms with E-state index in [-0.39, 0.29) is 64.4 Å². The topological polar surface area (TPSA) is 6.02 Å². The largest absolute Gasteiger partial charge is 2.00 e. The molecule has 0 aromatic heterocycles. The molecule has 0 radical (unpaired) electrons. The standard InChI is InChI=1S/2C25H21F6N.CH3.ClH.Pd/c2*1-14-12-21(17-4-8-19(9-5-17)24(26,27)28)23(32-15(2)16(32)3)22(13-14)18-6-10-20(11-7-18)25(29,30)31;;;/h2*4-13,15-16H,1-3H3;1H3;1H;/q;;-1;;+2/p-1. The van der Waals surface area contributed by atoms with Crippen molar-refractivity contribution in [3.63, 3.8) is 0 Å². The molecule has 0 aliphatic carbocycles. The van der Waals surface area contributed by atoms with Crippen LogP contribution >= 0.6 is 0 Å². The van der Waals surface area contributed by atoms with E-state index in [4.69, 9.17) is 0 Å². The van der Waals surface area contributed by atoms with Crippen molar-refractivity contribution in [1.82, 2.24) is 0 Å². The molecule has 360 valence electrons. The molecule has 2 saturated heterocycles. The number of anilines is 2. The van der Waals surface area contributed by atoms with Gasteiger partial charge in [0, 0.05) is 46.4 Å². The fourth-order valence-electron chi connectivity index (χ4n) is 8.17. The molecule has 0 N–H and O–H groups in total. The molecule has 0 bridgehead atoms. The summed E-state index contributed by atoms with van der Waals surface area (Å²) in [7, 11) is 0. The Bertz CT molecular complexity index is 2280. The molecule has 4 unspecified atom stereocenters. The van der Waals surface area contributed by atoms with E-state index in [1.165, 1.54) is 48.5 Å². The van der Waals surface area contributed by atoms with Crippen molar-refractivity contribution in [2.24, 2.45) is 0 Å². The Morgan fingerprint density at radius 1 is 0.343 bits per heavy atom. The number of halogens is 13. The summed E-state index contributed by atoms with van der Waals surface area (Å²) >= 11 is 0. The van der Waals surface area contributed by atoms with E-state index >= 15 is 0 Å². The van der Waals surface area contributed by atoms with Gasteiger partial charge in [0.15, 0.2) is 0 Å². The maximum atomic E-state index is 13.0. The van der Waals surface area contributed by atoms with Gasteiger partial charge in [0.2, 0.25) is 0 Å². The van der Waals surface area contributed by atoms with Gasteiger partial charge in [-0.15, -0.1) is 0 Å². The van der Waals surface area contributed by atoms with Crippen molar-refractivity contribution >= 4 is 11.4 Å². The molecule has 0 saturated carbocycles. The van der Waals surface area contributed by atoms with E-state index in [9.17, 15) is 52.7 Å². The number of benzene rings is 6. The second-order valence-corrected chi connectivity index (χ2v) is 16.5. The van der Waals surface area contributed by atoms with Crippen LogP contribution in [0, 0.1) is 21.3 Å². The van der Waals surface area contributed by atoms with Gasteiger partial charge >= 0.3 is 45.1 Å². The molecule has 2 heterocycles. The van der Waals surface area contributed by atoms with Crippen LogP contribution in [0.5, 0.6) is 0 Å². The van der Waals surface area contributed by atoms with Gasteiger partial charge in [0.05, 0.1) is 33.6 Å². The molecular formula is C51H45ClF12N2Pd. The molecule has 16 heteroatoms. The van der Waals surface area contributed by atoms with Gasteiger partial charge in [-0.2, -0.15) is 52.7 Å². The Kier molecular flexibility index (Phi) is 16.3. The quantitative estimate of drug-likeness (QED) is 0.0710. The first kappa shape index (κ1) is 54.6. The molecule has 2 aliphatic rings. The van der Waals surface area contributed by atoms with E-state index in [0.717, 1.165) is 93.3 Å². The number of alkyl halides is 12. The third kappa shape index (κ3) is 11.7. The van der Waals surface area contributed by atoms with Crippen LogP contribution in [0.25, 0.3) is 44.5 Å². The zero-order chi connectivity index (χ0) is 46.8. The van der Waals surface area contributed by atoms with Crippen LogP contribution in [0.4, 0.5) is 64.1 Å². The first-order valence-corrected chi connectivity index (χ1v) is 20.3. The van der Waals surface area contributed by atoms with E-state index in [0.29, 0.717) is 22.3 Å².